The number of hydrogen-bond acceptors (Lipinski definition) is 10. The molecule has 0 aliphatic carbocycles. The van der Waals surface area contributed by atoms with Gasteiger partial charge in [0.05, 0.1) is 24.5 Å². The first-order chi connectivity index (χ1) is 17.7. The lowest BCUT2D eigenvalue weighted by atomic mass is 10.1. The number of carboxylic acid groups (broad SMARTS) is 1. The summed E-state index contributed by atoms with van der Waals surface area (Å²) in [6.07, 6.45) is 3.71. The first kappa shape index (κ1) is 36.7. The standard InChI is InChI=1S/C11H23N5O2S.C10H18N4O5/c1-19-6-4-9(12)10(18)16-8(7-17)3-2-5-15-11(13)14;1-4(11)9(18)13-5(2)10(19)14-6(8(12)17)3-7(15)16/h7-9H,2-6,12H2,1H3,(H,16,18)(H4,13,14,15);4-6H,3,11H2,1-2H3,(H2,12,17)(H,13,18)(H,14,19)(H,15,16)/t8-,9-;4-,5-,6-/m00/s1. The molecule has 0 aliphatic rings. The number of carboxylic acids is 1. The van der Waals surface area contributed by atoms with E-state index in [1.165, 1.54) is 13.8 Å². The third-order valence-electron chi connectivity index (χ3n) is 4.63. The zero-order valence-corrected chi connectivity index (χ0v) is 22.7. The second kappa shape index (κ2) is 20.6. The molecule has 0 aromatic carbocycles. The van der Waals surface area contributed by atoms with Crippen molar-refractivity contribution in [3.8, 4) is 0 Å². The van der Waals surface area contributed by atoms with Crippen LogP contribution in [0.5, 0.6) is 0 Å². The highest BCUT2D eigenvalue weighted by Gasteiger charge is 2.25. The summed E-state index contributed by atoms with van der Waals surface area (Å²) in [4.78, 5) is 70.7. The van der Waals surface area contributed by atoms with Gasteiger partial charge >= 0.3 is 5.97 Å². The molecule has 4 amide bonds. The number of nitrogens with one attached hydrogen (secondary N) is 3. The number of guanidine groups is 1. The van der Waals surface area contributed by atoms with E-state index < -0.39 is 60.3 Å². The second-order valence-corrected chi connectivity index (χ2v) is 9.15. The van der Waals surface area contributed by atoms with Gasteiger partial charge in [-0.2, -0.15) is 11.8 Å². The van der Waals surface area contributed by atoms with Gasteiger partial charge in [-0.15, -0.1) is 0 Å². The van der Waals surface area contributed by atoms with Gasteiger partial charge in [0.2, 0.25) is 23.6 Å². The van der Waals surface area contributed by atoms with Crippen molar-refractivity contribution >= 4 is 53.6 Å². The fourth-order valence-corrected chi connectivity index (χ4v) is 2.95. The zero-order chi connectivity index (χ0) is 29.8. The lowest BCUT2D eigenvalue weighted by Gasteiger charge is -2.18. The summed E-state index contributed by atoms with van der Waals surface area (Å²) >= 11 is 1.62. The van der Waals surface area contributed by atoms with Gasteiger partial charge in [0.25, 0.3) is 0 Å². The van der Waals surface area contributed by atoms with Crippen LogP contribution in [0.2, 0.25) is 0 Å². The van der Waals surface area contributed by atoms with E-state index in [1.54, 1.807) is 11.8 Å². The Kier molecular flexibility index (Phi) is 19.9. The number of carbonyl (C=O) groups is 6. The fraction of sp³-hybridized carbons (Fsp3) is 0.667. The van der Waals surface area contributed by atoms with Crippen LogP contribution in [0.25, 0.3) is 0 Å². The number of thioether (sulfide) groups is 1. The van der Waals surface area contributed by atoms with Gasteiger partial charge in [-0.3, -0.25) is 29.0 Å². The molecule has 0 saturated carbocycles. The van der Waals surface area contributed by atoms with E-state index in [-0.39, 0.29) is 11.9 Å². The molecule has 0 unspecified atom stereocenters. The summed E-state index contributed by atoms with van der Waals surface area (Å²) in [7, 11) is 0. The molecular formula is C21H41N9O7S. The highest BCUT2D eigenvalue weighted by molar-refractivity contribution is 7.98. The summed E-state index contributed by atoms with van der Waals surface area (Å²) in [5.74, 6) is -2.99. The third kappa shape index (κ3) is 18.8. The van der Waals surface area contributed by atoms with Crippen LogP contribution in [-0.4, -0.2) is 95.7 Å². The number of hydrogen-bond donors (Lipinski definition) is 9. The van der Waals surface area contributed by atoms with Gasteiger partial charge in [-0.05, 0) is 45.1 Å². The van der Waals surface area contributed by atoms with Crippen LogP contribution in [-0.2, 0) is 28.8 Å². The maximum atomic E-state index is 11.7. The molecule has 0 spiro atoms. The first-order valence-corrected chi connectivity index (χ1v) is 13.0. The van der Waals surface area contributed by atoms with Gasteiger partial charge in [0.15, 0.2) is 5.96 Å². The topological polar surface area (TPSA) is 301 Å². The van der Waals surface area contributed by atoms with E-state index in [2.05, 4.69) is 20.9 Å². The molecule has 0 bridgehead atoms. The SMILES string of the molecule is CSCC[C@H](N)C(=O)N[C@H](C=O)CCCN=C(N)N.C[C@H](N)C(=O)N[C@@H](C)C(=O)N[C@@H](CC(=O)O)C(N)=O. The van der Waals surface area contributed by atoms with Crippen LogP contribution in [0.1, 0.15) is 39.5 Å². The van der Waals surface area contributed by atoms with Gasteiger partial charge in [0.1, 0.15) is 18.4 Å². The second-order valence-electron chi connectivity index (χ2n) is 8.17. The van der Waals surface area contributed by atoms with E-state index in [1.807, 2.05) is 6.26 Å². The quantitative estimate of drug-likeness (QED) is 0.0355. The minimum Gasteiger partial charge on any atom is -0.481 e. The molecule has 0 aromatic rings. The lowest BCUT2D eigenvalue weighted by molar-refractivity contribution is -0.140. The van der Waals surface area contributed by atoms with Crippen LogP contribution in [0.4, 0.5) is 0 Å². The Morgan fingerprint density at radius 1 is 0.947 bits per heavy atom. The molecular weight excluding hydrogens is 522 g/mol. The maximum Gasteiger partial charge on any atom is 0.305 e. The Hall–Kier alpha value is -3.44. The molecule has 5 atom stereocenters. The number of carbonyl (C=O) groups excluding carboxylic acids is 5. The molecule has 0 rings (SSSR count). The van der Waals surface area contributed by atoms with Crippen molar-refractivity contribution in [3.63, 3.8) is 0 Å². The van der Waals surface area contributed by atoms with Crippen LogP contribution in [0.15, 0.2) is 4.99 Å². The Morgan fingerprint density at radius 3 is 2.00 bits per heavy atom. The van der Waals surface area contributed by atoms with Gasteiger partial charge in [-0.25, -0.2) is 0 Å². The van der Waals surface area contributed by atoms with Gasteiger partial charge < -0.3 is 54.5 Å². The number of aliphatic carboxylic acids is 1. The summed E-state index contributed by atoms with van der Waals surface area (Å²) in [6.45, 7) is 3.24. The molecule has 38 heavy (non-hydrogen) atoms. The van der Waals surface area contributed by atoms with Crippen molar-refractivity contribution in [2.24, 2.45) is 33.7 Å². The third-order valence-corrected chi connectivity index (χ3v) is 5.28. The maximum absolute atomic E-state index is 11.7. The Balaban J connectivity index is 0. The highest BCUT2D eigenvalue weighted by atomic mass is 32.2. The summed E-state index contributed by atoms with van der Waals surface area (Å²) < 4.78 is 0. The van der Waals surface area contributed by atoms with E-state index in [9.17, 15) is 28.8 Å². The van der Waals surface area contributed by atoms with Crippen LogP contribution >= 0.6 is 11.8 Å². The largest absolute Gasteiger partial charge is 0.481 e. The Bertz CT molecular complexity index is 823. The van der Waals surface area contributed by atoms with Crippen molar-refractivity contribution in [1.29, 1.82) is 0 Å². The predicted molar refractivity (Wildman–Crippen MR) is 144 cm³/mol. The van der Waals surface area contributed by atoms with Crippen LogP contribution in [0, 0.1) is 0 Å². The number of aldehydes is 1. The molecule has 14 N–H and O–H groups in total. The molecule has 0 saturated heterocycles. The smallest absolute Gasteiger partial charge is 0.305 e. The molecule has 0 heterocycles. The normalized spacial score (nSPS) is 14.1. The average Bonchev–Trinajstić information content (AvgIpc) is 2.83. The van der Waals surface area contributed by atoms with E-state index in [0.717, 1.165) is 5.75 Å². The van der Waals surface area contributed by atoms with Crippen LogP contribution in [0.3, 0.4) is 0 Å². The van der Waals surface area contributed by atoms with Crippen molar-refractivity contribution in [1.82, 2.24) is 16.0 Å². The van der Waals surface area contributed by atoms with E-state index in [4.69, 9.17) is 33.8 Å². The number of nitrogens with zero attached hydrogens (tertiary/aromatic N) is 1. The van der Waals surface area contributed by atoms with Crippen molar-refractivity contribution in [2.45, 2.75) is 69.7 Å². The van der Waals surface area contributed by atoms with Crippen molar-refractivity contribution in [3.05, 3.63) is 0 Å². The fourth-order valence-electron chi connectivity index (χ4n) is 2.46. The lowest BCUT2D eigenvalue weighted by Crippen LogP contribution is -2.54. The summed E-state index contributed by atoms with van der Waals surface area (Å²) in [5, 5.41) is 15.6. The van der Waals surface area contributed by atoms with Crippen LogP contribution < -0.4 is 44.6 Å². The minimum absolute atomic E-state index is 0.0192. The number of amides is 4. The minimum atomic E-state index is -1.33. The monoisotopic (exact) mass is 563 g/mol. The van der Waals surface area contributed by atoms with Crippen molar-refractivity contribution < 1.29 is 33.9 Å². The molecule has 0 aromatic heterocycles. The molecule has 0 fully saturated rings. The highest BCUT2D eigenvalue weighted by Crippen LogP contribution is 2.01. The summed E-state index contributed by atoms with van der Waals surface area (Å²) in [6, 6.07) is -4.20. The predicted octanol–water partition coefficient (Wildman–Crippen LogP) is -3.91. The molecule has 16 nitrogen and oxygen atoms in total. The zero-order valence-electron chi connectivity index (χ0n) is 21.8. The summed E-state index contributed by atoms with van der Waals surface area (Å²) in [5.41, 5.74) is 26.3. The number of aliphatic imine (C=N–C) groups is 1. The molecule has 17 heteroatoms. The van der Waals surface area contributed by atoms with E-state index in [0.29, 0.717) is 32.1 Å². The Morgan fingerprint density at radius 2 is 1.55 bits per heavy atom. The average molecular weight is 564 g/mol. The van der Waals surface area contributed by atoms with E-state index >= 15 is 0 Å². The Labute approximate surface area is 225 Å². The molecule has 218 valence electrons. The molecule has 0 aliphatic heterocycles. The van der Waals surface area contributed by atoms with Gasteiger partial charge in [-0.1, -0.05) is 0 Å². The molecule has 0 radical (unpaired) electrons. The number of nitrogens with two attached hydrogens (primary N) is 5. The van der Waals surface area contributed by atoms with Crippen molar-refractivity contribution in [2.75, 3.05) is 18.6 Å². The van der Waals surface area contributed by atoms with Gasteiger partial charge in [0, 0.05) is 6.54 Å². The number of primary amides is 1. The number of rotatable bonds is 17. The first-order valence-electron chi connectivity index (χ1n) is 11.6.